The molecule has 0 spiro atoms. The molecule has 0 radical (unpaired) electrons. The van der Waals surface area contributed by atoms with E-state index in [1.165, 1.54) is 11.3 Å². The first-order chi connectivity index (χ1) is 8.72. The SMILES string of the molecule is O=C(O)C1CC(Oc2nc3ccccc3s2)CN1. The Kier molecular flexibility index (Phi) is 2.89. The lowest BCUT2D eigenvalue weighted by Crippen LogP contribution is -2.30. The number of nitrogens with one attached hydrogen (secondary N) is 1. The molecule has 0 bridgehead atoms. The van der Waals surface area contributed by atoms with E-state index in [0.29, 0.717) is 18.2 Å². The van der Waals surface area contributed by atoms with E-state index in [2.05, 4.69) is 10.3 Å². The number of carbonyl (C=O) groups is 1. The number of nitrogens with zero attached hydrogens (tertiary/aromatic N) is 1. The van der Waals surface area contributed by atoms with Crippen molar-refractivity contribution < 1.29 is 14.6 Å². The van der Waals surface area contributed by atoms with Gasteiger partial charge in [0.25, 0.3) is 5.19 Å². The topological polar surface area (TPSA) is 71.5 Å². The summed E-state index contributed by atoms with van der Waals surface area (Å²) in [6, 6.07) is 7.31. The van der Waals surface area contributed by atoms with Gasteiger partial charge < -0.3 is 15.2 Å². The Labute approximate surface area is 107 Å². The molecule has 0 saturated carbocycles. The van der Waals surface area contributed by atoms with Crippen LogP contribution in [0.3, 0.4) is 0 Å². The van der Waals surface area contributed by atoms with Crippen LogP contribution in [-0.4, -0.2) is 34.8 Å². The smallest absolute Gasteiger partial charge is 0.320 e. The molecule has 6 heteroatoms. The maximum atomic E-state index is 10.8. The standard InChI is InChI=1S/C12H12N2O3S/c15-11(16)9-5-7(6-13-9)17-12-14-8-3-1-2-4-10(8)18-12/h1-4,7,9,13H,5-6H2,(H,15,16). The van der Waals surface area contributed by atoms with E-state index in [0.717, 1.165) is 10.2 Å². The van der Waals surface area contributed by atoms with E-state index in [9.17, 15) is 4.79 Å². The van der Waals surface area contributed by atoms with E-state index in [1.54, 1.807) is 0 Å². The highest BCUT2D eigenvalue weighted by Crippen LogP contribution is 2.29. The lowest BCUT2D eigenvalue weighted by molar-refractivity contribution is -0.139. The molecular weight excluding hydrogens is 252 g/mol. The van der Waals surface area contributed by atoms with Gasteiger partial charge in [0.05, 0.1) is 10.2 Å². The minimum Gasteiger partial charge on any atom is -0.480 e. The van der Waals surface area contributed by atoms with Gasteiger partial charge >= 0.3 is 5.97 Å². The van der Waals surface area contributed by atoms with Crippen molar-refractivity contribution in [3.05, 3.63) is 24.3 Å². The highest BCUT2D eigenvalue weighted by atomic mass is 32.1. The first kappa shape index (κ1) is 11.4. The van der Waals surface area contributed by atoms with Crippen molar-refractivity contribution in [2.75, 3.05) is 6.54 Å². The quantitative estimate of drug-likeness (QED) is 0.878. The van der Waals surface area contributed by atoms with Gasteiger partial charge in [0, 0.05) is 13.0 Å². The molecule has 18 heavy (non-hydrogen) atoms. The van der Waals surface area contributed by atoms with Crippen LogP contribution in [0.4, 0.5) is 0 Å². The molecule has 1 fully saturated rings. The highest BCUT2D eigenvalue weighted by Gasteiger charge is 2.30. The van der Waals surface area contributed by atoms with Crippen molar-refractivity contribution in [1.82, 2.24) is 10.3 Å². The van der Waals surface area contributed by atoms with E-state index >= 15 is 0 Å². The first-order valence-corrected chi connectivity index (χ1v) is 6.52. The summed E-state index contributed by atoms with van der Waals surface area (Å²) in [5.41, 5.74) is 0.915. The summed E-state index contributed by atoms with van der Waals surface area (Å²) in [5, 5.41) is 12.4. The number of fused-ring (bicyclic) bond motifs is 1. The number of rotatable bonds is 3. The van der Waals surface area contributed by atoms with E-state index in [4.69, 9.17) is 9.84 Å². The monoisotopic (exact) mass is 264 g/mol. The molecule has 0 amide bonds. The number of para-hydroxylation sites is 1. The number of hydrogen-bond donors (Lipinski definition) is 2. The molecule has 2 heterocycles. The number of carboxylic acids is 1. The number of hydrogen-bond acceptors (Lipinski definition) is 5. The number of aliphatic carboxylic acids is 1. The zero-order chi connectivity index (χ0) is 12.5. The molecule has 5 nitrogen and oxygen atoms in total. The Morgan fingerprint density at radius 3 is 3.06 bits per heavy atom. The molecule has 1 aromatic carbocycles. The molecule has 3 rings (SSSR count). The zero-order valence-corrected chi connectivity index (χ0v) is 10.3. The second-order valence-corrected chi connectivity index (χ2v) is 5.22. The molecule has 2 aromatic rings. The summed E-state index contributed by atoms with van der Waals surface area (Å²) < 4.78 is 6.80. The Bertz CT molecular complexity index is 550. The van der Waals surface area contributed by atoms with Crippen molar-refractivity contribution in [2.45, 2.75) is 18.6 Å². The molecule has 2 unspecified atom stereocenters. The summed E-state index contributed by atoms with van der Waals surface area (Å²) >= 11 is 1.49. The second-order valence-electron chi connectivity index (χ2n) is 4.22. The van der Waals surface area contributed by atoms with Gasteiger partial charge in [-0.25, -0.2) is 4.98 Å². The molecule has 2 N–H and O–H groups in total. The largest absolute Gasteiger partial charge is 0.480 e. The normalized spacial score (nSPS) is 23.3. The Morgan fingerprint density at radius 1 is 1.50 bits per heavy atom. The fourth-order valence-corrected chi connectivity index (χ4v) is 2.91. The Balaban J connectivity index is 1.71. The van der Waals surface area contributed by atoms with Gasteiger partial charge in [0.1, 0.15) is 12.1 Å². The number of ether oxygens (including phenoxy) is 1. The Morgan fingerprint density at radius 2 is 2.33 bits per heavy atom. The highest BCUT2D eigenvalue weighted by molar-refractivity contribution is 7.20. The first-order valence-electron chi connectivity index (χ1n) is 5.71. The van der Waals surface area contributed by atoms with Gasteiger partial charge in [-0.3, -0.25) is 4.79 Å². The van der Waals surface area contributed by atoms with Crippen molar-refractivity contribution in [1.29, 1.82) is 0 Å². The van der Waals surface area contributed by atoms with Crippen molar-refractivity contribution in [3.63, 3.8) is 0 Å². The van der Waals surface area contributed by atoms with Gasteiger partial charge in [0.2, 0.25) is 0 Å². The van der Waals surface area contributed by atoms with E-state index in [-0.39, 0.29) is 6.10 Å². The van der Waals surface area contributed by atoms with Crippen LogP contribution in [0.1, 0.15) is 6.42 Å². The van der Waals surface area contributed by atoms with Crippen LogP contribution in [-0.2, 0) is 4.79 Å². The summed E-state index contributed by atoms with van der Waals surface area (Å²) in [5.74, 6) is -0.828. The summed E-state index contributed by atoms with van der Waals surface area (Å²) in [6.07, 6.45) is 0.359. The van der Waals surface area contributed by atoms with Crippen LogP contribution >= 0.6 is 11.3 Å². The third kappa shape index (κ3) is 2.16. The number of benzene rings is 1. The average molecular weight is 264 g/mol. The molecule has 1 aromatic heterocycles. The second kappa shape index (κ2) is 4.55. The van der Waals surface area contributed by atoms with Gasteiger partial charge in [-0.2, -0.15) is 0 Å². The van der Waals surface area contributed by atoms with Crippen LogP contribution in [0.15, 0.2) is 24.3 Å². The summed E-state index contributed by atoms with van der Waals surface area (Å²) in [4.78, 5) is 15.2. The third-order valence-corrected chi connectivity index (χ3v) is 3.86. The number of aromatic nitrogens is 1. The van der Waals surface area contributed by atoms with Crippen LogP contribution in [0.25, 0.3) is 10.2 Å². The fraction of sp³-hybridized carbons (Fsp3) is 0.333. The van der Waals surface area contributed by atoms with Crippen LogP contribution in [0, 0.1) is 0 Å². The maximum Gasteiger partial charge on any atom is 0.320 e. The maximum absolute atomic E-state index is 10.8. The summed E-state index contributed by atoms with van der Waals surface area (Å²) in [6.45, 7) is 0.549. The fourth-order valence-electron chi connectivity index (χ4n) is 2.03. The van der Waals surface area contributed by atoms with E-state index < -0.39 is 12.0 Å². The molecule has 2 atom stereocenters. The minimum absolute atomic E-state index is 0.119. The minimum atomic E-state index is -0.828. The van der Waals surface area contributed by atoms with Gasteiger partial charge in [-0.05, 0) is 12.1 Å². The third-order valence-electron chi connectivity index (χ3n) is 2.93. The molecular formula is C12H12N2O3S. The van der Waals surface area contributed by atoms with Gasteiger partial charge in [0.15, 0.2) is 0 Å². The van der Waals surface area contributed by atoms with Crippen molar-refractivity contribution >= 4 is 27.5 Å². The zero-order valence-electron chi connectivity index (χ0n) is 9.50. The lowest BCUT2D eigenvalue weighted by Gasteiger charge is -2.08. The van der Waals surface area contributed by atoms with Crippen molar-refractivity contribution in [3.8, 4) is 5.19 Å². The Hall–Kier alpha value is -1.66. The van der Waals surface area contributed by atoms with Crippen LogP contribution < -0.4 is 10.1 Å². The molecule has 0 aliphatic carbocycles. The lowest BCUT2D eigenvalue weighted by atomic mass is 10.2. The van der Waals surface area contributed by atoms with Crippen LogP contribution in [0.2, 0.25) is 0 Å². The predicted octanol–water partition coefficient (Wildman–Crippen LogP) is 1.49. The predicted molar refractivity (Wildman–Crippen MR) is 68.1 cm³/mol. The van der Waals surface area contributed by atoms with Gasteiger partial charge in [-0.15, -0.1) is 0 Å². The molecule has 1 aliphatic rings. The number of carboxylic acid groups (broad SMARTS) is 1. The molecule has 1 saturated heterocycles. The summed E-state index contributed by atoms with van der Waals surface area (Å²) in [7, 11) is 0. The molecule has 94 valence electrons. The average Bonchev–Trinajstić information content (AvgIpc) is 2.94. The van der Waals surface area contributed by atoms with Crippen molar-refractivity contribution in [2.24, 2.45) is 0 Å². The molecule has 1 aliphatic heterocycles. The van der Waals surface area contributed by atoms with E-state index in [1.807, 2.05) is 24.3 Å². The number of thiazole rings is 1. The van der Waals surface area contributed by atoms with Gasteiger partial charge in [-0.1, -0.05) is 23.5 Å². The van der Waals surface area contributed by atoms with Crippen LogP contribution in [0.5, 0.6) is 5.19 Å².